The van der Waals surface area contributed by atoms with E-state index in [4.69, 9.17) is 4.74 Å². The second-order valence-corrected chi connectivity index (χ2v) is 10.3. The minimum absolute atomic E-state index is 0.0545. The van der Waals surface area contributed by atoms with Gasteiger partial charge in [-0.2, -0.15) is 0 Å². The van der Waals surface area contributed by atoms with Gasteiger partial charge < -0.3 is 0 Å². The Hall–Kier alpha value is -2.09. The van der Waals surface area contributed by atoms with Crippen molar-refractivity contribution >= 4 is 36.2 Å². The normalized spacial score (nSPS) is 20.6. The van der Waals surface area contributed by atoms with Crippen molar-refractivity contribution in [3.8, 4) is 0 Å². The van der Waals surface area contributed by atoms with Crippen LogP contribution < -0.4 is 4.46 Å². The Kier molecular flexibility index (Phi) is 6.14. The van der Waals surface area contributed by atoms with Gasteiger partial charge in [0.15, 0.2) is 0 Å². The molecule has 3 aromatic carbocycles. The molecule has 0 unspecified atom stereocenters. The Morgan fingerprint density at radius 2 is 1.64 bits per heavy atom. The Balaban J connectivity index is 1.49. The van der Waals surface area contributed by atoms with Gasteiger partial charge in [-0.3, -0.25) is 0 Å². The number of rotatable bonds is 5. The van der Waals surface area contributed by atoms with E-state index < -0.39 is 0 Å². The van der Waals surface area contributed by atoms with Crippen LogP contribution in [0.2, 0.25) is 4.82 Å². The molecule has 1 saturated carbocycles. The van der Waals surface area contributed by atoms with Gasteiger partial charge in [-0.1, -0.05) is 0 Å². The molecule has 0 amide bonds. The molecule has 1 fully saturated rings. The third-order valence-corrected chi connectivity index (χ3v) is 8.49. The van der Waals surface area contributed by atoms with Crippen molar-refractivity contribution in [3.63, 3.8) is 0 Å². The molecule has 3 heteroatoms. The van der Waals surface area contributed by atoms with Crippen LogP contribution in [0.15, 0.2) is 72.8 Å². The van der Waals surface area contributed by atoms with E-state index >= 15 is 0 Å². The van der Waals surface area contributed by atoms with E-state index in [0.29, 0.717) is 19.8 Å². The van der Waals surface area contributed by atoms with Crippen LogP contribution in [0.5, 0.6) is 0 Å². The predicted octanol–water partition coefficient (Wildman–Crippen LogP) is 5.25. The molecular formula is C25H26O2Se. The molecule has 1 aliphatic carbocycles. The summed E-state index contributed by atoms with van der Waals surface area (Å²) in [6.45, 7) is 1.98. The average molecular weight is 437 g/mol. The van der Waals surface area contributed by atoms with Crippen molar-refractivity contribution < 1.29 is 9.53 Å². The molecular weight excluding hydrogens is 411 g/mol. The molecule has 0 aromatic heterocycles. The zero-order valence-electron chi connectivity index (χ0n) is 16.2. The number of hydrogen-bond donors (Lipinski definition) is 0. The van der Waals surface area contributed by atoms with Gasteiger partial charge >= 0.3 is 173 Å². The van der Waals surface area contributed by atoms with Crippen LogP contribution in [0, 0.1) is 0 Å². The Labute approximate surface area is 173 Å². The summed E-state index contributed by atoms with van der Waals surface area (Å²) in [6.07, 6.45) is 4.61. The summed E-state index contributed by atoms with van der Waals surface area (Å²) in [5, 5.41) is 2.31. The number of esters is 1. The molecule has 0 spiro atoms. The molecule has 4 rings (SSSR count). The second kappa shape index (κ2) is 8.94. The van der Waals surface area contributed by atoms with E-state index in [1.807, 2.05) is 25.1 Å². The predicted molar refractivity (Wildman–Crippen MR) is 116 cm³/mol. The fourth-order valence-electron chi connectivity index (χ4n) is 4.01. The van der Waals surface area contributed by atoms with E-state index in [1.54, 1.807) is 0 Å². The van der Waals surface area contributed by atoms with Crippen LogP contribution in [0.25, 0.3) is 10.8 Å². The maximum absolute atomic E-state index is 13.0. The first-order chi connectivity index (χ1) is 13.7. The monoisotopic (exact) mass is 438 g/mol. The van der Waals surface area contributed by atoms with Gasteiger partial charge in [0.1, 0.15) is 0 Å². The molecule has 3 atom stereocenters. The van der Waals surface area contributed by atoms with E-state index in [0.717, 1.165) is 30.2 Å². The van der Waals surface area contributed by atoms with Gasteiger partial charge in [0.2, 0.25) is 0 Å². The summed E-state index contributed by atoms with van der Waals surface area (Å²) < 4.78 is 7.51. The van der Waals surface area contributed by atoms with Gasteiger partial charge in [0, 0.05) is 0 Å². The van der Waals surface area contributed by atoms with E-state index in [1.165, 1.54) is 16.3 Å². The summed E-state index contributed by atoms with van der Waals surface area (Å²) in [7, 11) is 0. The van der Waals surface area contributed by atoms with Crippen molar-refractivity contribution in [1.82, 2.24) is 0 Å². The Bertz CT molecular complexity index is 932. The maximum atomic E-state index is 13.0. The number of fused-ring (bicyclic) bond motifs is 1. The molecule has 2 nitrogen and oxygen atoms in total. The average Bonchev–Trinajstić information content (AvgIpc) is 2.75. The molecule has 0 heterocycles. The van der Waals surface area contributed by atoms with Crippen LogP contribution in [-0.2, 0) is 9.53 Å². The molecule has 3 aromatic rings. The van der Waals surface area contributed by atoms with Gasteiger partial charge in [-0.05, 0) is 0 Å². The molecule has 0 saturated heterocycles. The first-order valence-corrected chi connectivity index (χ1v) is 12.0. The van der Waals surface area contributed by atoms with Crippen LogP contribution in [-0.4, -0.2) is 27.0 Å². The van der Waals surface area contributed by atoms with Crippen LogP contribution >= 0.6 is 0 Å². The van der Waals surface area contributed by atoms with Crippen molar-refractivity contribution in [2.45, 2.75) is 49.4 Å². The quantitative estimate of drug-likeness (QED) is 0.403. The summed E-state index contributed by atoms with van der Waals surface area (Å²) in [5.74, 6) is -0.338. The van der Waals surface area contributed by atoms with Crippen molar-refractivity contribution in [3.05, 3.63) is 78.4 Å². The number of carbonyl (C=O) groups is 1. The molecule has 28 heavy (non-hydrogen) atoms. The van der Waals surface area contributed by atoms with E-state index in [9.17, 15) is 4.79 Å². The SMILES string of the molecule is C[C@@H](C(=O)O[C@@H]1CCCC[C@H]1[Se]c1ccccc1)c1cccc2ccccc12. The molecule has 0 radical (unpaired) electrons. The van der Waals surface area contributed by atoms with Gasteiger partial charge in [-0.15, -0.1) is 0 Å². The van der Waals surface area contributed by atoms with Crippen LogP contribution in [0.3, 0.4) is 0 Å². The van der Waals surface area contributed by atoms with Crippen molar-refractivity contribution in [2.24, 2.45) is 0 Å². The first-order valence-electron chi connectivity index (χ1n) is 10.1. The number of carbonyl (C=O) groups excluding carboxylic acids is 1. The summed E-state index contributed by atoms with van der Waals surface area (Å²) in [6, 6.07) is 25.1. The zero-order valence-corrected chi connectivity index (χ0v) is 17.9. The van der Waals surface area contributed by atoms with E-state index in [-0.39, 0.29) is 18.0 Å². The number of benzene rings is 3. The second-order valence-electron chi connectivity index (χ2n) is 7.52. The Morgan fingerprint density at radius 1 is 0.929 bits per heavy atom. The minimum atomic E-state index is -0.252. The first kappa shape index (κ1) is 19.2. The van der Waals surface area contributed by atoms with Gasteiger partial charge in [0.05, 0.1) is 0 Å². The molecule has 0 N–H and O–H groups in total. The van der Waals surface area contributed by atoms with E-state index in [2.05, 4.69) is 54.6 Å². The molecule has 1 aliphatic rings. The zero-order chi connectivity index (χ0) is 19.3. The summed E-state index contributed by atoms with van der Waals surface area (Å²) in [4.78, 5) is 13.5. The molecule has 0 aliphatic heterocycles. The third-order valence-electron chi connectivity index (χ3n) is 5.58. The molecule has 0 bridgehead atoms. The Morgan fingerprint density at radius 3 is 2.50 bits per heavy atom. The van der Waals surface area contributed by atoms with Gasteiger partial charge in [-0.25, -0.2) is 0 Å². The summed E-state index contributed by atoms with van der Waals surface area (Å²) >= 11 is 0.343. The molecule has 144 valence electrons. The standard InChI is InChI=1S/C25H26O2Se/c1-18(21-15-9-11-19-10-5-6-14-22(19)21)25(26)27-23-16-7-8-17-24(23)28-20-12-3-2-4-13-20/h2-6,9-15,18,23-24H,7-8,16-17H2,1H3/t18-,23-,24-/m1/s1. The summed E-state index contributed by atoms with van der Waals surface area (Å²) in [5.41, 5.74) is 1.06. The topological polar surface area (TPSA) is 26.3 Å². The van der Waals surface area contributed by atoms with Crippen LogP contribution in [0.4, 0.5) is 0 Å². The fourth-order valence-corrected chi connectivity index (χ4v) is 6.72. The van der Waals surface area contributed by atoms with Crippen LogP contribution in [0.1, 0.15) is 44.1 Å². The fraction of sp³-hybridized carbons (Fsp3) is 0.320. The number of ether oxygens (including phenoxy) is 1. The third kappa shape index (κ3) is 4.32. The van der Waals surface area contributed by atoms with Crippen molar-refractivity contribution in [1.29, 1.82) is 0 Å². The van der Waals surface area contributed by atoms with Gasteiger partial charge in [0.25, 0.3) is 0 Å². The van der Waals surface area contributed by atoms with Crippen molar-refractivity contribution in [2.75, 3.05) is 0 Å². The number of hydrogen-bond acceptors (Lipinski definition) is 2.